The fourth-order valence-electron chi connectivity index (χ4n) is 1.39. The molecule has 94 valence electrons. The van der Waals surface area contributed by atoms with E-state index in [0.717, 1.165) is 5.76 Å². The van der Waals surface area contributed by atoms with Crippen LogP contribution in [0.25, 0.3) is 0 Å². The van der Waals surface area contributed by atoms with Crippen molar-refractivity contribution in [2.45, 2.75) is 12.8 Å². The first-order valence-corrected chi connectivity index (χ1v) is 5.26. The maximum absolute atomic E-state index is 11.5. The van der Waals surface area contributed by atoms with Crippen molar-refractivity contribution in [1.29, 1.82) is 0 Å². The lowest BCUT2D eigenvalue weighted by Crippen LogP contribution is -2.12. The highest BCUT2D eigenvalue weighted by Gasteiger charge is 2.10. The van der Waals surface area contributed by atoms with Gasteiger partial charge in [0.2, 0.25) is 5.91 Å². The Bertz CT molecular complexity index is 544. The number of carboxylic acid groups (broad SMARTS) is 1. The van der Waals surface area contributed by atoms with E-state index in [9.17, 15) is 9.59 Å². The molecular formula is C11H11N3O4. The fourth-order valence-corrected chi connectivity index (χ4v) is 1.39. The number of anilines is 1. The Hall–Kier alpha value is -2.57. The summed E-state index contributed by atoms with van der Waals surface area (Å²) in [5.41, 5.74) is -0.0728. The van der Waals surface area contributed by atoms with Gasteiger partial charge in [-0.25, -0.2) is 4.79 Å². The average Bonchev–Trinajstić information content (AvgIpc) is 2.96. The molecule has 1 amide bonds. The molecule has 0 saturated heterocycles. The van der Waals surface area contributed by atoms with Gasteiger partial charge in [0.15, 0.2) is 5.82 Å². The molecule has 18 heavy (non-hydrogen) atoms. The van der Waals surface area contributed by atoms with Crippen molar-refractivity contribution in [3.05, 3.63) is 35.9 Å². The SMILES string of the molecule is O=C(CCc1ccco1)Nc1cc(C(=O)O)[nH]n1. The molecule has 0 unspecified atom stereocenters. The average molecular weight is 249 g/mol. The van der Waals surface area contributed by atoms with E-state index in [2.05, 4.69) is 15.5 Å². The van der Waals surface area contributed by atoms with E-state index in [-0.39, 0.29) is 23.8 Å². The van der Waals surface area contributed by atoms with Gasteiger partial charge in [-0.05, 0) is 12.1 Å². The van der Waals surface area contributed by atoms with E-state index < -0.39 is 5.97 Å². The number of aromatic carboxylic acids is 1. The summed E-state index contributed by atoms with van der Waals surface area (Å²) in [6.45, 7) is 0. The summed E-state index contributed by atoms with van der Waals surface area (Å²) in [5, 5.41) is 17.1. The lowest BCUT2D eigenvalue weighted by Gasteiger charge is -1.99. The number of carbonyl (C=O) groups is 2. The zero-order valence-electron chi connectivity index (χ0n) is 9.34. The molecule has 0 aliphatic heterocycles. The third-order valence-corrected chi connectivity index (χ3v) is 2.25. The Morgan fingerprint density at radius 3 is 2.94 bits per heavy atom. The molecule has 7 nitrogen and oxygen atoms in total. The number of aromatic nitrogens is 2. The molecule has 2 heterocycles. The topological polar surface area (TPSA) is 108 Å². The van der Waals surface area contributed by atoms with Crippen LogP contribution < -0.4 is 5.32 Å². The number of nitrogens with one attached hydrogen (secondary N) is 2. The van der Waals surface area contributed by atoms with Gasteiger partial charge in [-0.1, -0.05) is 0 Å². The largest absolute Gasteiger partial charge is 0.477 e. The summed E-state index contributed by atoms with van der Waals surface area (Å²) >= 11 is 0. The second kappa shape index (κ2) is 5.17. The first kappa shape index (κ1) is 11.9. The number of hydrogen-bond donors (Lipinski definition) is 3. The highest BCUT2D eigenvalue weighted by Crippen LogP contribution is 2.08. The zero-order chi connectivity index (χ0) is 13.0. The third-order valence-electron chi connectivity index (χ3n) is 2.25. The number of amides is 1. The van der Waals surface area contributed by atoms with Crippen molar-refractivity contribution in [3.8, 4) is 0 Å². The van der Waals surface area contributed by atoms with Crippen molar-refractivity contribution < 1.29 is 19.1 Å². The Kier molecular flexibility index (Phi) is 3.42. The molecule has 0 atom stereocenters. The van der Waals surface area contributed by atoms with Crippen LogP contribution in [-0.2, 0) is 11.2 Å². The van der Waals surface area contributed by atoms with Crippen molar-refractivity contribution in [3.63, 3.8) is 0 Å². The number of aromatic amines is 1. The van der Waals surface area contributed by atoms with Gasteiger partial charge >= 0.3 is 5.97 Å². The van der Waals surface area contributed by atoms with Crippen LogP contribution in [0.2, 0.25) is 0 Å². The molecule has 7 heteroatoms. The normalized spacial score (nSPS) is 10.2. The van der Waals surface area contributed by atoms with Crippen molar-refractivity contribution in [2.75, 3.05) is 5.32 Å². The molecule has 3 N–H and O–H groups in total. The molecule has 0 radical (unpaired) electrons. The summed E-state index contributed by atoms with van der Waals surface area (Å²) in [6, 6.07) is 4.79. The second-order valence-electron chi connectivity index (χ2n) is 3.60. The lowest BCUT2D eigenvalue weighted by atomic mass is 10.2. The van der Waals surface area contributed by atoms with Crippen LogP contribution in [0.5, 0.6) is 0 Å². The van der Waals surface area contributed by atoms with Gasteiger partial charge in [-0.15, -0.1) is 0 Å². The highest BCUT2D eigenvalue weighted by molar-refractivity contribution is 5.92. The molecule has 0 spiro atoms. The molecular weight excluding hydrogens is 238 g/mol. The predicted molar refractivity (Wildman–Crippen MR) is 61.2 cm³/mol. The summed E-state index contributed by atoms with van der Waals surface area (Å²) in [7, 11) is 0. The summed E-state index contributed by atoms with van der Waals surface area (Å²) in [4.78, 5) is 22.1. The quantitative estimate of drug-likeness (QED) is 0.739. The third kappa shape index (κ3) is 2.97. The molecule has 2 rings (SSSR count). The number of carboxylic acids is 1. The van der Waals surface area contributed by atoms with E-state index in [1.807, 2.05) is 0 Å². The van der Waals surface area contributed by atoms with Gasteiger partial charge in [0.1, 0.15) is 11.5 Å². The van der Waals surface area contributed by atoms with Crippen LogP contribution in [0.4, 0.5) is 5.82 Å². The molecule has 0 saturated carbocycles. The number of H-pyrrole nitrogens is 1. The van der Waals surface area contributed by atoms with Crippen LogP contribution in [0.1, 0.15) is 22.7 Å². The van der Waals surface area contributed by atoms with E-state index in [4.69, 9.17) is 9.52 Å². The number of rotatable bonds is 5. The van der Waals surface area contributed by atoms with Crippen molar-refractivity contribution in [1.82, 2.24) is 10.2 Å². The summed E-state index contributed by atoms with van der Waals surface area (Å²) in [6.07, 6.45) is 2.26. The van der Waals surface area contributed by atoms with Gasteiger partial charge in [-0.3, -0.25) is 9.89 Å². The first-order valence-electron chi connectivity index (χ1n) is 5.26. The molecule has 0 aliphatic carbocycles. The predicted octanol–water partition coefficient (Wildman–Crippen LogP) is 1.27. The Balaban J connectivity index is 1.85. The van der Waals surface area contributed by atoms with Crippen molar-refractivity contribution in [2.24, 2.45) is 0 Å². The molecule has 2 aromatic heterocycles. The smallest absolute Gasteiger partial charge is 0.353 e. The molecule has 2 aromatic rings. The minimum Gasteiger partial charge on any atom is -0.477 e. The zero-order valence-corrected chi connectivity index (χ0v) is 9.34. The molecule has 0 aliphatic rings. The Morgan fingerprint density at radius 2 is 2.33 bits per heavy atom. The van der Waals surface area contributed by atoms with Crippen LogP contribution in [0, 0.1) is 0 Å². The van der Waals surface area contributed by atoms with Gasteiger partial charge in [0.05, 0.1) is 6.26 Å². The fraction of sp³-hybridized carbons (Fsp3) is 0.182. The lowest BCUT2D eigenvalue weighted by molar-refractivity contribution is -0.116. The van der Waals surface area contributed by atoms with Crippen LogP contribution >= 0.6 is 0 Å². The molecule has 0 aromatic carbocycles. The Labute approximate surface area is 102 Å². The van der Waals surface area contributed by atoms with E-state index >= 15 is 0 Å². The number of hydrogen-bond acceptors (Lipinski definition) is 4. The number of aryl methyl sites for hydroxylation is 1. The monoisotopic (exact) mass is 249 g/mol. The van der Waals surface area contributed by atoms with Crippen LogP contribution in [-0.4, -0.2) is 27.2 Å². The Morgan fingerprint density at radius 1 is 1.50 bits per heavy atom. The van der Waals surface area contributed by atoms with Crippen LogP contribution in [0.3, 0.4) is 0 Å². The minimum atomic E-state index is -1.13. The van der Waals surface area contributed by atoms with Gasteiger partial charge < -0.3 is 14.8 Å². The van der Waals surface area contributed by atoms with Gasteiger partial charge in [0, 0.05) is 18.9 Å². The standard InChI is InChI=1S/C11H11N3O4/c15-10(4-3-7-2-1-5-18-7)12-9-6-8(11(16)17)13-14-9/h1-2,5-6H,3-4H2,(H,16,17)(H2,12,13,14,15). The number of furan rings is 1. The van der Waals surface area contributed by atoms with Gasteiger partial charge in [-0.2, -0.15) is 5.10 Å². The first-order chi connectivity index (χ1) is 8.65. The van der Waals surface area contributed by atoms with Crippen LogP contribution in [0.15, 0.2) is 28.9 Å². The maximum Gasteiger partial charge on any atom is 0.353 e. The number of nitrogens with zero attached hydrogens (tertiary/aromatic N) is 1. The highest BCUT2D eigenvalue weighted by atomic mass is 16.4. The minimum absolute atomic E-state index is 0.0728. The van der Waals surface area contributed by atoms with Gasteiger partial charge in [0.25, 0.3) is 0 Å². The molecule has 0 fully saturated rings. The van der Waals surface area contributed by atoms with E-state index in [0.29, 0.717) is 6.42 Å². The van der Waals surface area contributed by atoms with E-state index in [1.54, 1.807) is 18.4 Å². The second-order valence-corrected chi connectivity index (χ2v) is 3.60. The summed E-state index contributed by atoms with van der Waals surface area (Å²) < 4.78 is 5.09. The van der Waals surface area contributed by atoms with Crippen molar-refractivity contribution >= 4 is 17.7 Å². The maximum atomic E-state index is 11.5. The summed E-state index contributed by atoms with van der Waals surface area (Å²) in [5.74, 6) is -0.469. The van der Waals surface area contributed by atoms with E-state index in [1.165, 1.54) is 6.07 Å². The molecule has 0 bridgehead atoms. The number of carbonyl (C=O) groups excluding carboxylic acids is 1.